The summed E-state index contributed by atoms with van der Waals surface area (Å²) in [6.07, 6.45) is 67.6. The second-order valence-corrected chi connectivity index (χ2v) is 19.8. The van der Waals surface area contributed by atoms with Gasteiger partial charge in [0.25, 0.3) is 6.29 Å². The maximum atomic E-state index is 12.9. The Labute approximate surface area is 435 Å². The van der Waals surface area contributed by atoms with Crippen LogP contribution in [0.2, 0.25) is 0 Å². The normalized spacial score (nSPS) is 13.5. The van der Waals surface area contributed by atoms with E-state index in [-0.39, 0.29) is 38.6 Å². The number of nitrogens with zero attached hydrogens (tertiary/aromatic N) is 1. The molecule has 0 aliphatic rings. The van der Waals surface area contributed by atoms with Crippen LogP contribution in [0.15, 0.2) is 97.2 Å². The van der Waals surface area contributed by atoms with E-state index in [4.69, 9.17) is 18.9 Å². The van der Waals surface area contributed by atoms with Crippen LogP contribution in [0, 0.1) is 0 Å². The molecule has 406 valence electrons. The monoisotopic (exact) mass is 993 g/mol. The largest absolute Gasteiger partial charge is 0.477 e. The Bertz CT molecular complexity index is 1480. The molecular formula is C62H106NO8+. The van der Waals surface area contributed by atoms with Gasteiger partial charge in [-0.05, 0) is 89.9 Å². The number of carbonyl (C=O) groups is 3. The van der Waals surface area contributed by atoms with Crippen LogP contribution in [0.5, 0.6) is 0 Å². The molecule has 0 aromatic carbocycles. The maximum Gasteiger partial charge on any atom is 0.361 e. The van der Waals surface area contributed by atoms with Crippen LogP contribution in [0.1, 0.15) is 219 Å². The average molecular weight is 994 g/mol. The Morgan fingerprint density at radius 3 is 1.13 bits per heavy atom. The third-order valence-electron chi connectivity index (χ3n) is 11.8. The van der Waals surface area contributed by atoms with Crippen LogP contribution in [0.3, 0.4) is 0 Å². The van der Waals surface area contributed by atoms with Gasteiger partial charge in [-0.2, -0.15) is 0 Å². The Balaban J connectivity index is 4.27. The first kappa shape index (κ1) is 67.2. The van der Waals surface area contributed by atoms with Crippen molar-refractivity contribution in [2.24, 2.45) is 0 Å². The summed E-state index contributed by atoms with van der Waals surface area (Å²) in [5.41, 5.74) is 0. The zero-order valence-corrected chi connectivity index (χ0v) is 46.1. The van der Waals surface area contributed by atoms with E-state index in [1.807, 2.05) is 21.1 Å². The summed E-state index contributed by atoms with van der Waals surface area (Å²) in [6.45, 7) is 4.63. The molecule has 0 rings (SSSR count). The van der Waals surface area contributed by atoms with Gasteiger partial charge >= 0.3 is 17.9 Å². The van der Waals surface area contributed by atoms with Crippen molar-refractivity contribution in [3.8, 4) is 0 Å². The zero-order chi connectivity index (χ0) is 52.0. The number of unbranched alkanes of at least 4 members (excludes halogenated alkanes) is 20. The first-order valence-corrected chi connectivity index (χ1v) is 28.4. The molecule has 0 spiro atoms. The number of aliphatic carboxylic acids is 1. The number of hydrogen-bond donors (Lipinski definition) is 1. The smallest absolute Gasteiger partial charge is 0.361 e. The fraction of sp³-hybridized carbons (Fsp3) is 0.694. The van der Waals surface area contributed by atoms with Crippen molar-refractivity contribution in [3.63, 3.8) is 0 Å². The lowest BCUT2D eigenvalue weighted by molar-refractivity contribution is -0.870. The summed E-state index contributed by atoms with van der Waals surface area (Å²) in [7, 11) is 5.96. The molecule has 0 aromatic rings. The summed E-state index contributed by atoms with van der Waals surface area (Å²) in [4.78, 5) is 37.4. The van der Waals surface area contributed by atoms with Crippen LogP contribution in [-0.4, -0.2) is 87.4 Å². The fourth-order valence-corrected chi connectivity index (χ4v) is 7.52. The number of quaternary nitrogens is 1. The number of carbonyl (C=O) groups excluding carboxylic acids is 2. The van der Waals surface area contributed by atoms with Crippen LogP contribution >= 0.6 is 0 Å². The molecule has 0 saturated heterocycles. The van der Waals surface area contributed by atoms with E-state index < -0.39 is 24.3 Å². The summed E-state index contributed by atoms with van der Waals surface area (Å²) >= 11 is 0. The number of hydrogen-bond acceptors (Lipinski definition) is 7. The highest BCUT2D eigenvalue weighted by Gasteiger charge is 2.25. The molecule has 1 N–H and O–H groups in total. The molecule has 0 fully saturated rings. The zero-order valence-electron chi connectivity index (χ0n) is 46.1. The summed E-state index contributed by atoms with van der Waals surface area (Å²) in [5.74, 6) is -2.03. The third-order valence-corrected chi connectivity index (χ3v) is 11.8. The second-order valence-electron chi connectivity index (χ2n) is 19.8. The lowest BCUT2D eigenvalue weighted by atomic mass is 10.0. The lowest BCUT2D eigenvalue weighted by Crippen LogP contribution is -2.40. The Morgan fingerprint density at radius 1 is 0.423 bits per heavy atom. The number of ether oxygens (including phenoxy) is 4. The van der Waals surface area contributed by atoms with Crippen molar-refractivity contribution in [1.29, 1.82) is 0 Å². The first-order chi connectivity index (χ1) is 34.6. The first-order valence-electron chi connectivity index (χ1n) is 28.4. The van der Waals surface area contributed by atoms with E-state index >= 15 is 0 Å². The molecule has 2 atom stereocenters. The minimum absolute atomic E-state index is 0.181. The van der Waals surface area contributed by atoms with Crippen LogP contribution in [0.4, 0.5) is 0 Å². The number of carboxylic acids is 1. The summed E-state index contributed by atoms with van der Waals surface area (Å²) in [6, 6.07) is 0. The van der Waals surface area contributed by atoms with Crippen molar-refractivity contribution in [3.05, 3.63) is 97.2 Å². The van der Waals surface area contributed by atoms with Crippen molar-refractivity contribution < 1.29 is 42.9 Å². The maximum absolute atomic E-state index is 12.9. The van der Waals surface area contributed by atoms with Gasteiger partial charge in [0.05, 0.1) is 34.4 Å². The molecule has 0 heterocycles. The highest BCUT2D eigenvalue weighted by molar-refractivity contribution is 5.71. The average Bonchev–Trinajstić information content (AvgIpc) is 3.34. The van der Waals surface area contributed by atoms with Crippen LogP contribution < -0.4 is 0 Å². The SMILES string of the molecule is CC/C=C\C/C=C\C/C=C\C/C=C\CCCCCCCCCCCCCCCCC(=O)OC(COC(=O)CCCCCCCC/C=C\C/C=C\C/C=C\C/C=C\CC)COC(OCC[N+](C)(C)C)C(=O)O. The number of carboxylic acid groups (broad SMARTS) is 1. The molecular weight excluding hydrogens is 887 g/mol. The quantitative estimate of drug-likeness (QED) is 0.0211. The van der Waals surface area contributed by atoms with Gasteiger partial charge in [-0.25, -0.2) is 4.79 Å². The Morgan fingerprint density at radius 2 is 0.761 bits per heavy atom. The van der Waals surface area contributed by atoms with Crippen molar-refractivity contribution in [2.45, 2.75) is 232 Å². The second kappa shape index (κ2) is 52.5. The standard InChI is InChI=1S/C62H105NO8/c1-6-8-10-12-14-16-18-20-22-24-26-27-28-29-30-31-32-33-35-37-39-41-43-45-47-49-51-53-60(65)71-58(57-70-62(61(66)67)68-55-54-63(3,4)5)56-69-59(64)52-50-48-46-44-42-40-38-36-34-25-23-21-19-17-15-13-11-9-7-2/h8-11,14-17,20-23,26-27,34,36,58,62H,6-7,12-13,18-19,24-25,28-33,35,37-57H2,1-5H3/p+1/b10-8-,11-9-,16-14-,17-15-,22-20-,23-21-,27-26-,36-34-. The van der Waals surface area contributed by atoms with Gasteiger partial charge in [-0.3, -0.25) is 9.59 Å². The predicted octanol–water partition coefficient (Wildman–Crippen LogP) is 16.6. The predicted molar refractivity (Wildman–Crippen MR) is 299 cm³/mol. The van der Waals surface area contributed by atoms with Crippen LogP contribution in [-0.2, 0) is 33.3 Å². The van der Waals surface area contributed by atoms with Gasteiger partial charge in [-0.1, -0.05) is 214 Å². The highest BCUT2D eigenvalue weighted by Crippen LogP contribution is 2.15. The molecule has 2 unspecified atom stereocenters. The van der Waals surface area contributed by atoms with Crippen molar-refractivity contribution in [1.82, 2.24) is 0 Å². The minimum atomic E-state index is -1.52. The number of esters is 2. The molecule has 0 aromatic heterocycles. The van der Waals surface area contributed by atoms with Crippen molar-refractivity contribution >= 4 is 17.9 Å². The lowest BCUT2D eigenvalue weighted by Gasteiger charge is -2.25. The Kier molecular flexibility index (Phi) is 49.7. The number of likely N-dealkylation sites (N-methyl/N-ethyl adjacent to an activating group) is 1. The van der Waals surface area contributed by atoms with Gasteiger partial charge in [0.2, 0.25) is 0 Å². The molecule has 9 nitrogen and oxygen atoms in total. The van der Waals surface area contributed by atoms with E-state index in [1.54, 1.807) is 0 Å². The summed E-state index contributed by atoms with van der Waals surface area (Å²) < 4.78 is 22.9. The minimum Gasteiger partial charge on any atom is -0.477 e. The number of allylic oxidation sites excluding steroid dienone is 16. The molecule has 0 aliphatic carbocycles. The molecule has 9 heteroatoms. The van der Waals surface area contributed by atoms with E-state index in [9.17, 15) is 19.5 Å². The van der Waals surface area contributed by atoms with Gasteiger partial charge in [0, 0.05) is 12.8 Å². The van der Waals surface area contributed by atoms with Gasteiger partial charge < -0.3 is 28.5 Å². The van der Waals surface area contributed by atoms with E-state index in [0.29, 0.717) is 17.4 Å². The van der Waals surface area contributed by atoms with Gasteiger partial charge in [0.1, 0.15) is 13.2 Å². The Hall–Kier alpha value is -3.79. The van der Waals surface area contributed by atoms with E-state index in [0.717, 1.165) is 103 Å². The number of rotatable bonds is 51. The van der Waals surface area contributed by atoms with E-state index in [2.05, 4.69) is 111 Å². The summed E-state index contributed by atoms with van der Waals surface area (Å²) in [5, 5.41) is 9.70. The topological polar surface area (TPSA) is 108 Å². The van der Waals surface area contributed by atoms with E-state index in [1.165, 1.54) is 83.5 Å². The van der Waals surface area contributed by atoms with Gasteiger partial charge in [0.15, 0.2) is 6.10 Å². The molecule has 0 radical (unpaired) electrons. The molecule has 0 bridgehead atoms. The fourth-order valence-electron chi connectivity index (χ4n) is 7.52. The molecule has 0 saturated carbocycles. The molecule has 71 heavy (non-hydrogen) atoms. The highest BCUT2D eigenvalue weighted by atomic mass is 16.7. The van der Waals surface area contributed by atoms with Crippen molar-refractivity contribution in [2.75, 3.05) is 47.5 Å². The third kappa shape index (κ3) is 53.8. The van der Waals surface area contributed by atoms with Gasteiger partial charge in [-0.15, -0.1) is 0 Å². The molecule has 0 aliphatic heterocycles. The molecule has 0 amide bonds. The van der Waals surface area contributed by atoms with Crippen LogP contribution in [0.25, 0.3) is 0 Å².